The van der Waals surface area contributed by atoms with E-state index in [0.29, 0.717) is 13.1 Å². The highest BCUT2D eigenvalue weighted by Crippen LogP contribution is 2.36. The second kappa shape index (κ2) is 7.00. The van der Waals surface area contributed by atoms with Crippen molar-refractivity contribution >= 4 is 45.1 Å². The first-order valence-corrected chi connectivity index (χ1v) is 8.41. The van der Waals surface area contributed by atoms with Crippen LogP contribution in [-0.4, -0.2) is 35.9 Å². The molecular weight excluding hydrogens is 308 g/mol. The maximum Gasteiger partial charge on any atom is 0.316 e. The van der Waals surface area contributed by atoms with Crippen LogP contribution in [0.25, 0.3) is 10.1 Å². The van der Waals surface area contributed by atoms with Crippen molar-refractivity contribution in [3.05, 3.63) is 17.1 Å². The van der Waals surface area contributed by atoms with Gasteiger partial charge >= 0.3 is 5.97 Å². The van der Waals surface area contributed by atoms with Gasteiger partial charge in [0.2, 0.25) is 5.91 Å². The topological polar surface area (TPSA) is 60.3 Å². The Labute approximate surface area is 131 Å². The lowest BCUT2D eigenvalue weighted by Gasteiger charge is -2.11. The Bertz CT molecular complexity index is 661. The van der Waals surface area contributed by atoms with Gasteiger partial charge in [0.25, 0.3) is 0 Å². The summed E-state index contributed by atoms with van der Waals surface area (Å²) >= 11 is 3.17. The summed E-state index contributed by atoms with van der Waals surface area (Å²) in [7, 11) is 1.39. The summed E-state index contributed by atoms with van der Waals surface area (Å²) in [4.78, 5) is 22.4. The van der Waals surface area contributed by atoms with Crippen molar-refractivity contribution in [1.82, 2.24) is 9.88 Å². The molecule has 0 unspecified atom stereocenters. The smallest absolute Gasteiger partial charge is 0.316 e. The van der Waals surface area contributed by atoms with Gasteiger partial charge in [-0.3, -0.25) is 9.59 Å². The molecule has 0 radical (unpaired) electrons. The van der Waals surface area contributed by atoms with Crippen molar-refractivity contribution < 1.29 is 14.3 Å². The number of esters is 1. The SMILES string of the molecule is COC(=O)CSc1c2ccsc2c(C)n1CCNC(C)=O. The maximum atomic E-state index is 11.4. The quantitative estimate of drug-likeness (QED) is 0.654. The number of aryl methyl sites for hydroxylation is 1. The molecule has 0 aliphatic heterocycles. The first-order chi connectivity index (χ1) is 10.0. The summed E-state index contributed by atoms with van der Waals surface area (Å²) in [6.45, 7) is 4.84. The van der Waals surface area contributed by atoms with Crippen LogP contribution in [0, 0.1) is 6.92 Å². The summed E-state index contributed by atoms with van der Waals surface area (Å²) in [6.07, 6.45) is 0. The molecule has 0 fully saturated rings. The number of hydrogen-bond acceptors (Lipinski definition) is 5. The summed E-state index contributed by atoms with van der Waals surface area (Å²) in [5.41, 5.74) is 1.16. The van der Waals surface area contributed by atoms with E-state index in [1.165, 1.54) is 30.5 Å². The van der Waals surface area contributed by atoms with E-state index >= 15 is 0 Å². The molecule has 1 amide bonds. The molecule has 0 aliphatic carbocycles. The molecule has 0 aliphatic rings. The van der Waals surface area contributed by atoms with E-state index in [9.17, 15) is 9.59 Å². The number of rotatable bonds is 6. The number of aromatic nitrogens is 1. The highest BCUT2D eigenvalue weighted by Gasteiger charge is 2.16. The van der Waals surface area contributed by atoms with Gasteiger partial charge in [-0.1, -0.05) is 11.8 Å². The van der Waals surface area contributed by atoms with E-state index in [1.54, 1.807) is 11.3 Å². The van der Waals surface area contributed by atoms with E-state index in [0.717, 1.165) is 16.1 Å². The van der Waals surface area contributed by atoms with Crippen LogP contribution in [0.15, 0.2) is 16.5 Å². The fourth-order valence-corrected chi connectivity index (χ4v) is 4.19. The van der Waals surface area contributed by atoms with Crippen molar-refractivity contribution in [2.45, 2.75) is 25.4 Å². The molecule has 0 atom stereocenters. The van der Waals surface area contributed by atoms with Crippen molar-refractivity contribution in [2.24, 2.45) is 0 Å². The Kier molecular flexibility index (Phi) is 5.30. The Hall–Kier alpha value is -1.47. The molecule has 2 aromatic heterocycles. The lowest BCUT2D eigenvalue weighted by Crippen LogP contribution is -2.25. The van der Waals surface area contributed by atoms with Crippen molar-refractivity contribution in [2.75, 3.05) is 19.4 Å². The van der Waals surface area contributed by atoms with Crippen LogP contribution in [0.5, 0.6) is 0 Å². The normalized spacial score (nSPS) is 10.8. The van der Waals surface area contributed by atoms with Crippen LogP contribution in [0.1, 0.15) is 12.6 Å². The zero-order valence-corrected chi connectivity index (χ0v) is 13.9. The number of thioether (sulfide) groups is 1. The highest BCUT2D eigenvalue weighted by molar-refractivity contribution is 8.00. The summed E-state index contributed by atoms with van der Waals surface area (Å²) in [5, 5.41) is 7.07. The predicted molar refractivity (Wildman–Crippen MR) is 86.0 cm³/mol. The summed E-state index contributed by atoms with van der Waals surface area (Å²) in [6, 6.07) is 2.07. The molecule has 114 valence electrons. The minimum Gasteiger partial charge on any atom is -0.468 e. The zero-order chi connectivity index (χ0) is 15.4. The Morgan fingerprint density at radius 3 is 2.90 bits per heavy atom. The lowest BCUT2D eigenvalue weighted by molar-refractivity contribution is -0.137. The molecule has 21 heavy (non-hydrogen) atoms. The number of ether oxygens (including phenoxy) is 1. The number of nitrogens with one attached hydrogen (secondary N) is 1. The summed E-state index contributed by atoms with van der Waals surface area (Å²) in [5.74, 6) is 0.00595. The molecule has 5 nitrogen and oxygen atoms in total. The maximum absolute atomic E-state index is 11.4. The van der Waals surface area contributed by atoms with Crippen LogP contribution in [0.4, 0.5) is 0 Å². The third-order valence-corrected chi connectivity index (χ3v) is 5.26. The molecule has 1 N–H and O–H groups in total. The molecule has 0 spiro atoms. The predicted octanol–water partition coefficient (Wildman–Crippen LogP) is 2.41. The fourth-order valence-electron chi connectivity index (χ4n) is 2.13. The second-order valence-corrected chi connectivity index (χ2v) is 6.43. The van der Waals surface area contributed by atoms with Crippen LogP contribution >= 0.6 is 23.1 Å². The number of thiophene rings is 1. The molecule has 0 saturated carbocycles. The van der Waals surface area contributed by atoms with Gasteiger partial charge in [0.15, 0.2) is 0 Å². The van der Waals surface area contributed by atoms with Gasteiger partial charge in [0.1, 0.15) is 0 Å². The Morgan fingerprint density at radius 2 is 2.24 bits per heavy atom. The zero-order valence-electron chi connectivity index (χ0n) is 12.3. The number of carbonyl (C=O) groups excluding carboxylic acids is 2. The third kappa shape index (κ3) is 3.59. The van der Waals surface area contributed by atoms with E-state index in [2.05, 4.69) is 28.3 Å². The number of hydrogen-bond donors (Lipinski definition) is 1. The monoisotopic (exact) mass is 326 g/mol. The number of methoxy groups -OCH3 is 1. The van der Waals surface area contributed by atoms with Gasteiger partial charge < -0.3 is 14.6 Å². The highest BCUT2D eigenvalue weighted by atomic mass is 32.2. The number of nitrogens with zero attached hydrogens (tertiary/aromatic N) is 1. The van der Waals surface area contributed by atoms with Crippen LogP contribution in [-0.2, 0) is 20.9 Å². The van der Waals surface area contributed by atoms with Crippen molar-refractivity contribution in [3.63, 3.8) is 0 Å². The number of carbonyl (C=O) groups is 2. The first kappa shape index (κ1) is 15.9. The van der Waals surface area contributed by atoms with Gasteiger partial charge in [-0.15, -0.1) is 11.3 Å². The Morgan fingerprint density at radius 1 is 1.48 bits per heavy atom. The molecular formula is C14H18N2O3S2. The van der Waals surface area contributed by atoms with Crippen LogP contribution in [0.3, 0.4) is 0 Å². The van der Waals surface area contributed by atoms with Gasteiger partial charge in [-0.05, 0) is 18.4 Å². The molecule has 0 bridgehead atoms. The number of fused-ring (bicyclic) bond motifs is 1. The fraction of sp³-hybridized carbons (Fsp3) is 0.429. The van der Waals surface area contributed by atoms with Gasteiger partial charge in [-0.25, -0.2) is 0 Å². The average Bonchev–Trinajstić information content (AvgIpc) is 3.01. The number of amides is 1. The molecule has 7 heteroatoms. The molecule has 0 saturated heterocycles. The standard InChI is InChI=1S/C14H18N2O3S2/c1-9-13-11(4-7-20-13)14(21-8-12(18)19-3)16(9)6-5-15-10(2)17/h4,7H,5-6,8H2,1-3H3,(H,15,17). The van der Waals surface area contributed by atoms with E-state index in [-0.39, 0.29) is 17.6 Å². The largest absolute Gasteiger partial charge is 0.468 e. The first-order valence-electron chi connectivity index (χ1n) is 6.55. The minimum absolute atomic E-state index is 0.0367. The average molecular weight is 326 g/mol. The van der Waals surface area contributed by atoms with Gasteiger partial charge in [0.05, 0.1) is 22.6 Å². The molecule has 2 rings (SSSR count). The van der Waals surface area contributed by atoms with Crippen molar-refractivity contribution in [3.8, 4) is 0 Å². The Balaban J connectivity index is 2.24. The van der Waals surface area contributed by atoms with Gasteiger partial charge in [-0.2, -0.15) is 0 Å². The minimum atomic E-state index is -0.240. The van der Waals surface area contributed by atoms with Gasteiger partial charge in [0, 0.05) is 31.1 Å². The molecule has 0 aromatic carbocycles. The van der Waals surface area contributed by atoms with E-state index in [1.807, 2.05) is 0 Å². The lowest BCUT2D eigenvalue weighted by atomic mass is 10.4. The van der Waals surface area contributed by atoms with Crippen LogP contribution < -0.4 is 5.32 Å². The molecule has 2 aromatic rings. The molecule has 2 heterocycles. The van der Waals surface area contributed by atoms with Crippen molar-refractivity contribution in [1.29, 1.82) is 0 Å². The summed E-state index contributed by atoms with van der Waals surface area (Å²) < 4.78 is 8.09. The second-order valence-electron chi connectivity index (χ2n) is 4.55. The van der Waals surface area contributed by atoms with E-state index < -0.39 is 0 Å². The van der Waals surface area contributed by atoms with E-state index in [4.69, 9.17) is 4.74 Å². The third-order valence-electron chi connectivity index (χ3n) is 3.14. The van der Waals surface area contributed by atoms with Crippen LogP contribution in [0.2, 0.25) is 0 Å².